The summed E-state index contributed by atoms with van der Waals surface area (Å²) in [7, 11) is 0. The number of fused-ring (bicyclic) bond motifs is 8. The maximum absolute atomic E-state index is 5.47. The predicted molar refractivity (Wildman–Crippen MR) is 217 cm³/mol. The summed E-state index contributed by atoms with van der Waals surface area (Å²) in [6.07, 6.45) is 0. The van der Waals surface area contributed by atoms with Gasteiger partial charge in [-0.2, -0.15) is 0 Å². The molecule has 0 spiro atoms. The van der Waals surface area contributed by atoms with Crippen LogP contribution in [-0.4, -0.2) is 19.1 Å². The number of rotatable bonds is 4. The summed E-state index contributed by atoms with van der Waals surface area (Å²) in [5.41, 5.74) is 10.9. The Kier molecular flexibility index (Phi) is 6.22. The SMILES string of the molecule is c1ccc(-c2ccc3c(c2)c2cc4ccccc4cc2n3-c2nc(-c3ccc4c(c3)c3ccccc3n4-c3ccccc3)c3ccccc3n2)cc1. The molecule has 0 atom stereocenters. The molecule has 52 heavy (non-hydrogen) atoms. The molecule has 0 aliphatic carbocycles. The summed E-state index contributed by atoms with van der Waals surface area (Å²) in [6, 6.07) is 64.9. The van der Waals surface area contributed by atoms with E-state index < -0.39 is 0 Å². The van der Waals surface area contributed by atoms with Gasteiger partial charge in [-0.1, -0.05) is 121 Å². The van der Waals surface area contributed by atoms with E-state index in [1.807, 2.05) is 0 Å². The Balaban J connectivity index is 1.19. The van der Waals surface area contributed by atoms with Gasteiger partial charge in [0.25, 0.3) is 0 Å². The first-order valence-electron chi connectivity index (χ1n) is 17.7. The average molecular weight is 663 g/mol. The standard InChI is InChI=1S/C48H30N4/c1-3-13-31(14-4-1)34-23-25-45-40(28-34)41-27-32-15-7-8-16-33(32)30-46(41)52(45)48-49-42-21-11-9-20-38(42)47(50-48)35-24-26-44-39(29-35)37-19-10-12-22-43(37)51(44)36-17-5-2-6-18-36/h1-30H. The quantitative estimate of drug-likeness (QED) is 0.188. The van der Waals surface area contributed by atoms with E-state index in [4.69, 9.17) is 9.97 Å². The van der Waals surface area contributed by atoms with Crippen molar-refractivity contribution in [1.29, 1.82) is 0 Å². The van der Waals surface area contributed by atoms with Crippen LogP contribution in [0.3, 0.4) is 0 Å². The minimum atomic E-state index is 0.656. The number of nitrogens with zero attached hydrogens (tertiary/aromatic N) is 4. The molecule has 11 rings (SSSR count). The third-order valence-corrected chi connectivity index (χ3v) is 10.5. The first-order valence-corrected chi connectivity index (χ1v) is 17.7. The zero-order valence-electron chi connectivity index (χ0n) is 28.1. The van der Waals surface area contributed by atoms with Gasteiger partial charge in [-0.3, -0.25) is 4.57 Å². The van der Waals surface area contributed by atoms with Gasteiger partial charge in [0.15, 0.2) is 0 Å². The molecule has 0 saturated heterocycles. The van der Waals surface area contributed by atoms with Crippen LogP contribution in [0.15, 0.2) is 182 Å². The van der Waals surface area contributed by atoms with Crippen molar-refractivity contribution < 1.29 is 0 Å². The fourth-order valence-corrected chi connectivity index (χ4v) is 8.09. The Bertz CT molecular complexity index is 3170. The summed E-state index contributed by atoms with van der Waals surface area (Å²) < 4.78 is 4.60. The lowest BCUT2D eigenvalue weighted by molar-refractivity contribution is 1.01. The van der Waals surface area contributed by atoms with Gasteiger partial charge in [0.05, 0.1) is 33.3 Å². The molecular weight excluding hydrogens is 633 g/mol. The lowest BCUT2D eigenvalue weighted by Gasteiger charge is -2.13. The predicted octanol–water partition coefficient (Wildman–Crippen LogP) is 12.3. The summed E-state index contributed by atoms with van der Waals surface area (Å²) in [4.78, 5) is 10.7. The number of hydrogen-bond acceptors (Lipinski definition) is 2. The van der Waals surface area contributed by atoms with Crippen molar-refractivity contribution in [2.75, 3.05) is 0 Å². The van der Waals surface area contributed by atoms with Crippen LogP contribution in [0, 0.1) is 0 Å². The van der Waals surface area contributed by atoms with E-state index in [0.717, 1.165) is 38.9 Å². The number of aromatic nitrogens is 4. The fraction of sp³-hybridized carbons (Fsp3) is 0. The van der Waals surface area contributed by atoms with E-state index in [1.54, 1.807) is 0 Å². The Morgan fingerprint density at radius 1 is 0.327 bits per heavy atom. The van der Waals surface area contributed by atoms with Gasteiger partial charge in [-0.05, 0) is 82.6 Å². The smallest absolute Gasteiger partial charge is 0.235 e. The van der Waals surface area contributed by atoms with E-state index >= 15 is 0 Å². The fourth-order valence-electron chi connectivity index (χ4n) is 8.09. The van der Waals surface area contributed by atoms with Crippen molar-refractivity contribution in [1.82, 2.24) is 19.1 Å². The molecule has 0 unspecified atom stereocenters. The van der Waals surface area contributed by atoms with Gasteiger partial charge in [0, 0.05) is 38.2 Å². The van der Waals surface area contributed by atoms with Crippen molar-refractivity contribution in [3.05, 3.63) is 182 Å². The zero-order chi connectivity index (χ0) is 34.2. The Hall–Kier alpha value is -7.04. The zero-order valence-corrected chi connectivity index (χ0v) is 28.1. The highest BCUT2D eigenvalue weighted by atomic mass is 15.2. The van der Waals surface area contributed by atoms with Crippen LogP contribution in [0.2, 0.25) is 0 Å². The summed E-state index contributed by atoms with van der Waals surface area (Å²) in [6.45, 7) is 0. The van der Waals surface area contributed by atoms with Crippen molar-refractivity contribution >= 4 is 65.3 Å². The van der Waals surface area contributed by atoms with Crippen LogP contribution in [0.1, 0.15) is 0 Å². The number of para-hydroxylation sites is 3. The molecule has 3 heterocycles. The topological polar surface area (TPSA) is 35.6 Å². The molecule has 11 aromatic rings. The molecule has 8 aromatic carbocycles. The van der Waals surface area contributed by atoms with E-state index in [-0.39, 0.29) is 0 Å². The number of hydrogen-bond donors (Lipinski definition) is 0. The largest absolute Gasteiger partial charge is 0.309 e. The van der Waals surface area contributed by atoms with Crippen molar-refractivity contribution in [2.24, 2.45) is 0 Å². The molecule has 3 aromatic heterocycles. The minimum absolute atomic E-state index is 0.656. The second kappa shape index (κ2) is 11.2. The Morgan fingerprint density at radius 3 is 1.73 bits per heavy atom. The highest BCUT2D eigenvalue weighted by Gasteiger charge is 2.20. The summed E-state index contributed by atoms with van der Waals surface area (Å²) in [5, 5.41) is 8.18. The molecule has 0 aliphatic heterocycles. The molecule has 0 saturated carbocycles. The van der Waals surface area contributed by atoms with Crippen LogP contribution < -0.4 is 0 Å². The van der Waals surface area contributed by atoms with E-state index in [0.29, 0.717) is 5.95 Å². The van der Waals surface area contributed by atoms with E-state index in [9.17, 15) is 0 Å². The van der Waals surface area contributed by atoms with Gasteiger partial charge in [-0.15, -0.1) is 0 Å². The van der Waals surface area contributed by atoms with Crippen LogP contribution in [0.25, 0.3) is 99.3 Å². The van der Waals surface area contributed by atoms with E-state index in [1.165, 1.54) is 54.5 Å². The molecule has 242 valence electrons. The monoisotopic (exact) mass is 662 g/mol. The highest BCUT2D eigenvalue weighted by Crippen LogP contribution is 2.39. The molecule has 0 bridgehead atoms. The molecule has 0 aliphatic rings. The van der Waals surface area contributed by atoms with Crippen LogP contribution in [0.5, 0.6) is 0 Å². The highest BCUT2D eigenvalue weighted by molar-refractivity contribution is 6.15. The first-order chi connectivity index (χ1) is 25.8. The van der Waals surface area contributed by atoms with Crippen LogP contribution in [0.4, 0.5) is 0 Å². The molecule has 4 heteroatoms. The van der Waals surface area contributed by atoms with Gasteiger partial charge >= 0.3 is 0 Å². The Labute approximate surface area is 299 Å². The van der Waals surface area contributed by atoms with Crippen molar-refractivity contribution in [3.8, 4) is 34.0 Å². The third kappa shape index (κ3) is 4.34. The van der Waals surface area contributed by atoms with Gasteiger partial charge in [0.1, 0.15) is 0 Å². The van der Waals surface area contributed by atoms with Gasteiger partial charge in [-0.25, -0.2) is 9.97 Å². The molecule has 0 N–H and O–H groups in total. The number of benzene rings is 8. The van der Waals surface area contributed by atoms with Crippen molar-refractivity contribution in [3.63, 3.8) is 0 Å². The lowest BCUT2D eigenvalue weighted by Crippen LogP contribution is -2.03. The van der Waals surface area contributed by atoms with Crippen molar-refractivity contribution in [2.45, 2.75) is 0 Å². The lowest BCUT2D eigenvalue weighted by atomic mass is 10.0. The van der Waals surface area contributed by atoms with E-state index in [2.05, 4.69) is 191 Å². The second-order valence-electron chi connectivity index (χ2n) is 13.5. The molecule has 0 fully saturated rings. The third-order valence-electron chi connectivity index (χ3n) is 10.5. The average Bonchev–Trinajstić information content (AvgIpc) is 3.71. The van der Waals surface area contributed by atoms with Gasteiger partial charge < -0.3 is 4.57 Å². The first kappa shape index (κ1) is 28.8. The Morgan fingerprint density at radius 2 is 0.904 bits per heavy atom. The molecule has 0 amide bonds. The van der Waals surface area contributed by atoms with Gasteiger partial charge in [0.2, 0.25) is 5.95 Å². The maximum atomic E-state index is 5.47. The minimum Gasteiger partial charge on any atom is -0.309 e. The summed E-state index contributed by atoms with van der Waals surface area (Å²) >= 11 is 0. The summed E-state index contributed by atoms with van der Waals surface area (Å²) in [5.74, 6) is 0.656. The van der Waals surface area contributed by atoms with Crippen LogP contribution >= 0.6 is 0 Å². The second-order valence-corrected chi connectivity index (χ2v) is 13.5. The maximum Gasteiger partial charge on any atom is 0.235 e. The molecule has 4 nitrogen and oxygen atoms in total. The van der Waals surface area contributed by atoms with Crippen LogP contribution in [-0.2, 0) is 0 Å². The molecule has 0 radical (unpaired) electrons. The molecular formula is C48H30N4. The normalized spacial score (nSPS) is 11.8.